The molecule has 0 saturated heterocycles. The lowest BCUT2D eigenvalue weighted by atomic mass is 10.0. The summed E-state index contributed by atoms with van der Waals surface area (Å²) >= 11 is 0. The number of hydrogen-bond donors (Lipinski definition) is 1. The van der Waals surface area contributed by atoms with E-state index in [2.05, 4.69) is 4.98 Å². The molecule has 5 heteroatoms. The fraction of sp³-hybridized carbons (Fsp3) is 0.143. The Morgan fingerprint density at radius 2 is 1.95 bits per heavy atom. The maximum atomic E-state index is 12.4. The first-order valence-electron chi connectivity index (χ1n) is 5.89. The average Bonchev–Trinajstić information content (AvgIpc) is 2.46. The quantitative estimate of drug-likeness (QED) is 0.832. The fourth-order valence-electron chi connectivity index (χ4n) is 2.14. The van der Waals surface area contributed by atoms with Gasteiger partial charge in [0.05, 0.1) is 5.69 Å². The number of carbonyl (C=O) groups excluding carboxylic acids is 1. The second-order valence-corrected chi connectivity index (χ2v) is 4.38. The van der Waals surface area contributed by atoms with Crippen LogP contribution in [-0.2, 0) is 10.5 Å². The van der Waals surface area contributed by atoms with Crippen molar-refractivity contribution in [2.45, 2.75) is 5.72 Å². The van der Waals surface area contributed by atoms with Gasteiger partial charge >= 0.3 is 0 Å². The molecule has 1 aromatic carbocycles. The standard InChI is InChI=1S/C14H13N3O2/c1-17-10-6-2-3-7-11(10)19-14(15,13(17)18)12-8-4-5-9-16-12/h2-9H,15H2,1H3. The zero-order chi connectivity index (χ0) is 13.5. The van der Waals surface area contributed by atoms with Gasteiger partial charge in [-0.15, -0.1) is 0 Å². The van der Waals surface area contributed by atoms with Crippen LogP contribution in [0.25, 0.3) is 0 Å². The van der Waals surface area contributed by atoms with Crippen molar-refractivity contribution in [3.63, 3.8) is 0 Å². The predicted octanol–water partition coefficient (Wildman–Crippen LogP) is 1.25. The van der Waals surface area contributed by atoms with E-state index < -0.39 is 5.72 Å². The minimum atomic E-state index is -1.58. The number of nitrogens with two attached hydrogens (primary N) is 1. The van der Waals surface area contributed by atoms with Gasteiger partial charge in [0.25, 0.3) is 11.6 Å². The molecule has 1 aliphatic rings. The van der Waals surface area contributed by atoms with E-state index in [0.29, 0.717) is 17.1 Å². The maximum Gasteiger partial charge on any atom is 0.293 e. The van der Waals surface area contributed by atoms with Crippen LogP contribution in [-0.4, -0.2) is 17.9 Å². The zero-order valence-electron chi connectivity index (χ0n) is 10.4. The molecule has 19 heavy (non-hydrogen) atoms. The summed E-state index contributed by atoms with van der Waals surface area (Å²) in [6, 6.07) is 12.5. The van der Waals surface area contributed by atoms with Gasteiger partial charge in [0.15, 0.2) is 0 Å². The Kier molecular flexibility index (Phi) is 2.50. The van der Waals surface area contributed by atoms with Crippen molar-refractivity contribution in [2.24, 2.45) is 5.73 Å². The highest BCUT2D eigenvalue weighted by molar-refractivity contribution is 6.02. The lowest BCUT2D eigenvalue weighted by Gasteiger charge is -2.38. The molecular weight excluding hydrogens is 242 g/mol. The van der Waals surface area contributed by atoms with Gasteiger partial charge in [-0.2, -0.15) is 0 Å². The monoisotopic (exact) mass is 255 g/mol. The molecule has 1 aliphatic heterocycles. The van der Waals surface area contributed by atoms with Gasteiger partial charge in [-0.1, -0.05) is 18.2 Å². The zero-order valence-corrected chi connectivity index (χ0v) is 10.4. The number of ether oxygens (including phenoxy) is 1. The van der Waals surface area contributed by atoms with Crippen LogP contribution in [0.5, 0.6) is 5.75 Å². The molecule has 0 fully saturated rings. The summed E-state index contributed by atoms with van der Waals surface area (Å²) < 4.78 is 5.71. The Balaban J connectivity index is 2.13. The molecule has 1 amide bonds. The molecule has 1 atom stereocenters. The lowest BCUT2D eigenvalue weighted by molar-refractivity contribution is -0.136. The summed E-state index contributed by atoms with van der Waals surface area (Å²) in [6.07, 6.45) is 1.58. The number of likely N-dealkylation sites (N-methyl/N-ethyl adjacent to an activating group) is 1. The summed E-state index contributed by atoms with van der Waals surface area (Å²) in [5.74, 6) is 0.225. The summed E-state index contributed by atoms with van der Waals surface area (Å²) in [5.41, 5.74) is 5.66. The molecule has 0 aliphatic carbocycles. The third-order valence-corrected chi connectivity index (χ3v) is 3.17. The van der Waals surface area contributed by atoms with Crippen LogP contribution in [0.2, 0.25) is 0 Å². The molecule has 2 N–H and O–H groups in total. The van der Waals surface area contributed by atoms with Crippen LogP contribution in [0.3, 0.4) is 0 Å². The van der Waals surface area contributed by atoms with Crippen molar-refractivity contribution < 1.29 is 9.53 Å². The number of amides is 1. The normalized spacial score (nSPS) is 21.8. The summed E-state index contributed by atoms with van der Waals surface area (Å²) in [4.78, 5) is 18.1. The number of anilines is 1. The Morgan fingerprint density at radius 1 is 1.21 bits per heavy atom. The Labute approximate surface area is 110 Å². The molecule has 2 aromatic rings. The van der Waals surface area contributed by atoms with Gasteiger partial charge in [-0.25, -0.2) is 0 Å². The van der Waals surface area contributed by atoms with Crippen molar-refractivity contribution in [2.75, 3.05) is 11.9 Å². The second-order valence-electron chi connectivity index (χ2n) is 4.38. The number of fused-ring (bicyclic) bond motifs is 1. The number of rotatable bonds is 1. The average molecular weight is 255 g/mol. The summed E-state index contributed by atoms with van der Waals surface area (Å²) in [5, 5.41) is 0. The van der Waals surface area contributed by atoms with Crippen molar-refractivity contribution in [1.29, 1.82) is 0 Å². The van der Waals surface area contributed by atoms with Crippen LogP contribution in [0, 0.1) is 0 Å². The van der Waals surface area contributed by atoms with E-state index in [1.165, 1.54) is 4.90 Å². The number of hydrogen-bond acceptors (Lipinski definition) is 4. The van der Waals surface area contributed by atoms with Crippen molar-refractivity contribution >= 4 is 11.6 Å². The third kappa shape index (κ3) is 1.67. The Bertz CT molecular complexity index is 630. The minimum absolute atomic E-state index is 0.343. The maximum absolute atomic E-state index is 12.4. The highest BCUT2D eigenvalue weighted by Crippen LogP contribution is 2.38. The van der Waals surface area contributed by atoms with Crippen LogP contribution in [0.1, 0.15) is 5.69 Å². The van der Waals surface area contributed by atoms with E-state index >= 15 is 0 Å². The molecular formula is C14H13N3O2. The van der Waals surface area contributed by atoms with E-state index in [9.17, 15) is 4.79 Å². The van der Waals surface area contributed by atoms with E-state index in [1.54, 1.807) is 37.5 Å². The minimum Gasteiger partial charge on any atom is -0.455 e. The predicted molar refractivity (Wildman–Crippen MR) is 70.6 cm³/mol. The first-order valence-corrected chi connectivity index (χ1v) is 5.89. The largest absolute Gasteiger partial charge is 0.455 e. The lowest BCUT2D eigenvalue weighted by Crippen LogP contribution is -2.59. The van der Waals surface area contributed by atoms with E-state index in [4.69, 9.17) is 10.5 Å². The van der Waals surface area contributed by atoms with Gasteiger partial charge in [0, 0.05) is 13.2 Å². The molecule has 0 radical (unpaired) electrons. The van der Waals surface area contributed by atoms with Gasteiger partial charge < -0.3 is 9.64 Å². The van der Waals surface area contributed by atoms with Crippen LogP contribution in [0.4, 0.5) is 5.69 Å². The van der Waals surface area contributed by atoms with E-state index in [1.807, 2.05) is 18.2 Å². The number of para-hydroxylation sites is 2. The van der Waals surface area contributed by atoms with Gasteiger partial charge in [-0.3, -0.25) is 15.5 Å². The Morgan fingerprint density at radius 3 is 2.68 bits per heavy atom. The number of pyridine rings is 1. The highest BCUT2D eigenvalue weighted by Gasteiger charge is 2.46. The molecule has 0 spiro atoms. The first-order chi connectivity index (χ1) is 9.13. The number of carbonyl (C=O) groups is 1. The topological polar surface area (TPSA) is 68.5 Å². The van der Waals surface area contributed by atoms with Gasteiger partial charge in [0.2, 0.25) is 0 Å². The number of nitrogens with zero attached hydrogens (tertiary/aromatic N) is 2. The smallest absolute Gasteiger partial charge is 0.293 e. The highest BCUT2D eigenvalue weighted by atomic mass is 16.5. The van der Waals surface area contributed by atoms with Crippen molar-refractivity contribution in [1.82, 2.24) is 4.98 Å². The van der Waals surface area contributed by atoms with E-state index in [-0.39, 0.29) is 5.91 Å². The third-order valence-electron chi connectivity index (χ3n) is 3.17. The molecule has 2 heterocycles. The fourth-order valence-corrected chi connectivity index (χ4v) is 2.14. The second kappa shape index (κ2) is 4.07. The summed E-state index contributed by atoms with van der Waals surface area (Å²) in [6.45, 7) is 0. The first kappa shape index (κ1) is 11.7. The van der Waals surface area contributed by atoms with Gasteiger partial charge in [0.1, 0.15) is 11.4 Å². The molecule has 0 bridgehead atoms. The number of aromatic nitrogens is 1. The molecule has 0 saturated carbocycles. The Hall–Kier alpha value is -2.40. The van der Waals surface area contributed by atoms with Gasteiger partial charge in [-0.05, 0) is 24.3 Å². The SMILES string of the molecule is CN1C(=O)C(N)(c2ccccn2)Oc2ccccc21. The van der Waals surface area contributed by atoms with Crippen LogP contribution >= 0.6 is 0 Å². The van der Waals surface area contributed by atoms with E-state index in [0.717, 1.165) is 0 Å². The number of benzene rings is 1. The molecule has 1 unspecified atom stereocenters. The molecule has 1 aromatic heterocycles. The molecule has 96 valence electrons. The van der Waals surface area contributed by atoms with Crippen LogP contribution < -0.4 is 15.4 Å². The molecule has 5 nitrogen and oxygen atoms in total. The summed E-state index contributed by atoms with van der Waals surface area (Å²) in [7, 11) is 1.67. The molecule has 3 rings (SSSR count). The van der Waals surface area contributed by atoms with Crippen molar-refractivity contribution in [3.05, 3.63) is 54.4 Å². The van der Waals surface area contributed by atoms with Crippen LogP contribution in [0.15, 0.2) is 48.7 Å². The van der Waals surface area contributed by atoms with Crippen molar-refractivity contribution in [3.8, 4) is 5.75 Å².